The first kappa shape index (κ1) is 19.8. The number of amides is 1. The van der Waals surface area contributed by atoms with E-state index in [1.165, 1.54) is 5.56 Å². The Hall–Kier alpha value is -2.46. The highest BCUT2D eigenvalue weighted by Gasteiger charge is 2.43. The monoisotopic (exact) mass is 407 g/mol. The van der Waals surface area contributed by atoms with Crippen LogP contribution in [-0.2, 0) is 17.8 Å². The summed E-state index contributed by atoms with van der Waals surface area (Å²) in [6, 6.07) is 18.1. The van der Waals surface area contributed by atoms with E-state index in [1.54, 1.807) is 0 Å². The molecule has 29 heavy (non-hydrogen) atoms. The molecular formula is C24H26ClN3O. The number of carbonyl (C=O) groups excluding carboxylic acids is 1. The van der Waals surface area contributed by atoms with Crippen LogP contribution in [0.15, 0.2) is 64.6 Å². The molecular weight excluding hydrogens is 382 g/mol. The number of hydrogen-bond donors (Lipinski definition) is 0. The van der Waals surface area contributed by atoms with Crippen molar-refractivity contribution in [3.8, 4) is 0 Å². The molecule has 0 saturated carbocycles. The highest BCUT2D eigenvalue weighted by Crippen LogP contribution is 2.33. The fourth-order valence-corrected chi connectivity index (χ4v) is 4.40. The van der Waals surface area contributed by atoms with Crippen LogP contribution in [0.5, 0.6) is 0 Å². The van der Waals surface area contributed by atoms with Crippen molar-refractivity contribution in [3.63, 3.8) is 0 Å². The molecule has 2 aromatic carbocycles. The Kier molecular flexibility index (Phi) is 6.10. The number of carbonyl (C=O) groups is 1. The van der Waals surface area contributed by atoms with Gasteiger partial charge in [-0.25, -0.2) is 0 Å². The predicted molar refractivity (Wildman–Crippen MR) is 119 cm³/mol. The Balaban J connectivity index is 1.60. The minimum absolute atomic E-state index is 0.211. The van der Waals surface area contributed by atoms with Crippen molar-refractivity contribution in [3.05, 3.63) is 70.7 Å². The van der Waals surface area contributed by atoms with Crippen LogP contribution in [0, 0.1) is 0 Å². The summed E-state index contributed by atoms with van der Waals surface area (Å²) in [5.74, 6) is 0.211. The third-order valence-electron chi connectivity index (χ3n) is 5.73. The summed E-state index contributed by atoms with van der Waals surface area (Å²) in [4.78, 5) is 24.6. The Morgan fingerprint density at radius 2 is 1.83 bits per heavy atom. The van der Waals surface area contributed by atoms with Crippen LogP contribution in [0.2, 0.25) is 5.02 Å². The molecule has 150 valence electrons. The van der Waals surface area contributed by atoms with Gasteiger partial charge in [0.2, 0.25) is 5.91 Å². The van der Waals surface area contributed by atoms with Gasteiger partial charge < -0.3 is 4.90 Å². The van der Waals surface area contributed by atoms with Crippen LogP contribution in [0.1, 0.15) is 43.2 Å². The average molecular weight is 408 g/mol. The Morgan fingerprint density at radius 1 is 1.03 bits per heavy atom. The molecule has 2 aliphatic rings. The molecule has 0 aliphatic carbocycles. The van der Waals surface area contributed by atoms with Crippen LogP contribution >= 0.6 is 11.6 Å². The summed E-state index contributed by atoms with van der Waals surface area (Å²) in [6.07, 6.45) is 6.92. The first-order chi connectivity index (χ1) is 14.2. The topological polar surface area (TPSA) is 45.0 Å². The molecule has 1 amide bonds. The minimum Gasteiger partial charge on any atom is -0.317 e. The van der Waals surface area contributed by atoms with E-state index in [-0.39, 0.29) is 5.91 Å². The van der Waals surface area contributed by atoms with Crippen molar-refractivity contribution in [2.45, 2.75) is 50.7 Å². The van der Waals surface area contributed by atoms with E-state index < -0.39 is 5.66 Å². The van der Waals surface area contributed by atoms with Crippen LogP contribution < -0.4 is 0 Å². The van der Waals surface area contributed by atoms with E-state index in [0.717, 1.165) is 42.1 Å². The van der Waals surface area contributed by atoms with E-state index in [2.05, 4.69) is 12.1 Å². The molecule has 0 bridgehead atoms. The smallest absolute Gasteiger partial charge is 0.224 e. The predicted octanol–water partition coefficient (Wildman–Crippen LogP) is 5.10. The second-order valence-corrected chi connectivity index (χ2v) is 8.24. The maximum Gasteiger partial charge on any atom is 0.224 e. The number of halogens is 1. The second kappa shape index (κ2) is 8.91. The molecule has 0 spiro atoms. The number of likely N-dealkylation sites (tertiary alicyclic amines) is 1. The van der Waals surface area contributed by atoms with Gasteiger partial charge in [0.15, 0.2) is 0 Å². The zero-order valence-corrected chi connectivity index (χ0v) is 17.3. The fraction of sp³-hybridized carbons (Fsp3) is 0.375. The van der Waals surface area contributed by atoms with Crippen LogP contribution in [0.25, 0.3) is 0 Å². The van der Waals surface area contributed by atoms with Crippen LogP contribution in [0.4, 0.5) is 0 Å². The lowest BCUT2D eigenvalue weighted by molar-refractivity contribution is -0.136. The zero-order valence-electron chi connectivity index (χ0n) is 16.6. The number of rotatable bonds is 5. The maximum atomic E-state index is 12.9. The quantitative estimate of drug-likeness (QED) is 0.680. The average Bonchev–Trinajstić information content (AvgIpc) is 3.00. The standard InChI is InChI=1S/C24H26ClN3O/c25-22-12-7-6-11-20(22)17-26-21-16-24(27-18-21,15-19-9-3-1-4-10-19)28-14-8-2-5-13-23(28)29/h1,3-4,6-7,9-12,18H,2,5,8,13-17H2. The fourth-order valence-electron chi connectivity index (χ4n) is 4.20. The van der Waals surface area contributed by atoms with Gasteiger partial charge in [0, 0.05) is 37.0 Å². The van der Waals surface area contributed by atoms with Crippen LogP contribution in [0.3, 0.4) is 0 Å². The molecule has 2 heterocycles. The third-order valence-corrected chi connectivity index (χ3v) is 6.10. The number of hydrogen-bond acceptors (Lipinski definition) is 3. The van der Waals surface area contributed by atoms with E-state index in [9.17, 15) is 4.79 Å². The minimum atomic E-state index is -0.567. The first-order valence-corrected chi connectivity index (χ1v) is 10.7. The van der Waals surface area contributed by atoms with E-state index in [0.29, 0.717) is 25.8 Å². The normalized spacial score (nSPS) is 23.6. The van der Waals surface area contributed by atoms with E-state index in [4.69, 9.17) is 21.6 Å². The Bertz CT molecular complexity index is 925. The summed E-state index contributed by atoms with van der Waals surface area (Å²) in [5.41, 5.74) is 2.55. The van der Waals surface area contributed by atoms with E-state index >= 15 is 0 Å². The first-order valence-electron chi connectivity index (χ1n) is 10.3. The van der Waals surface area contributed by atoms with Crippen molar-refractivity contribution in [2.75, 3.05) is 6.54 Å². The number of nitrogens with zero attached hydrogens (tertiary/aromatic N) is 3. The van der Waals surface area contributed by atoms with Crippen molar-refractivity contribution in [2.24, 2.45) is 9.98 Å². The molecule has 4 nitrogen and oxygen atoms in total. The van der Waals surface area contributed by atoms with Gasteiger partial charge in [-0.1, -0.05) is 66.6 Å². The molecule has 0 aromatic heterocycles. The van der Waals surface area contributed by atoms with Gasteiger partial charge in [0.25, 0.3) is 0 Å². The van der Waals surface area contributed by atoms with E-state index in [1.807, 2.05) is 53.6 Å². The summed E-state index contributed by atoms with van der Waals surface area (Å²) in [7, 11) is 0. The van der Waals surface area contributed by atoms with Gasteiger partial charge in [-0.15, -0.1) is 0 Å². The molecule has 0 radical (unpaired) electrons. The molecule has 1 atom stereocenters. The molecule has 4 rings (SSSR count). The lowest BCUT2D eigenvalue weighted by Gasteiger charge is -2.38. The van der Waals surface area contributed by atoms with Gasteiger partial charge in [0.1, 0.15) is 5.66 Å². The van der Waals surface area contributed by atoms with Gasteiger partial charge in [-0.05, 0) is 30.0 Å². The molecule has 0 N–H and O–H groups in total. The summed E-state index contributed by atoms with van der Waals surface area (Å²) >= 11 is 6.28. The summed E-state index contributed by atoms with van der Waals surface area (Å²) in [6.45, 7) is 1.29. The highest BCUT2D eigenvalue weighted by atomic mass is 35.5. The highest BCUT2D eigenvalue weighted by molar-refractivity contribution is 6.33. The molecule has 1 fully saturated rings. The molecule has 1 saturated heterocycles. The molecule has 2 aliphatic heterocycles. The van der Waals surface area contributed by atoms with Gasteiger partial charge >= 0.3 is 0 Å². The van der Waals surface area contributed by atoms with Gasteiger partial charge in [0.05, 0.1) is 12.3 Å². The SMILES string of the molecule is O=C1CCCCCN1C1(Cc2ccccc2)CC(=NCc2ccccc2Cl)C=N1. The zero-order chi connectivity index (χ0) is 20.1. The third kappa shape index (κ3) is 4.59. The number of aliphatic imine (C=N–C) groups is 2. The van der Waals surface area contributed by atoms with Crippen molar-refractivity contribution < 1.29 is 4.79 Å². The summed E-state index contributed by atoms with van der Waals surface area (Å²) < 4.78 is 0. The van der Waals surface area contributed by atoms with Gasteiger partial charge in [-0.2, -0.15) is 0 Å². The lowest BCUT2D eigenvalue weighted by Crippen LogP contribution is -2.51. The summed E-state index contributed by atoms with van der Waals surface area (Å²) in [5, 5.41) is 0.727. The maximum absolute atomic E-state index is 12.9. The van der Waals surface area contributed by atoms with Gasteiger partial charge in [-0.3, -0.25) is 14.8 Å². The van der Waals surface area contributed by atoms with Crippen molar-refractivity contribution >= 4 is 29.4 Å². The molecule has 1 unspecified atom stereocenters. The van der Waals surface area contributed by atoms with Crippen LogP contribution in [-0.4, -0.2) is 34.9 Å². The van der Waals surface area contributed by atoms with Crippen molar-refractivity contribution in [1.82, 2.24) is 4.90 Å². The Morgan fingerprint density at radius 3 is 2.66 bits per heavy atom. The largest absolute Gasteiger partial charge is 0.317 e. The molecule has 2 aromatic rings. The lowest BCUT2D eigenvalue weighted by atomic mass is 9.94. The number of benzene rings is 2. The van der Waals surface area contributed by atoms with Crippen molar-refractivity contribution in [1.29, 1.82) is 0 Å². The Labute approximate surface area is 177 Å². The molecule has 5 heteroatoms. The second-order valence-electron chi connectivity index (χ2n) is 7.83.